The van der Waals surface area contributed by atoms with Gasteiger partial charge in [0.25, 0.3) is 0 Å². The Labute approximate surface area is 400 Å². The summed E-state index contributed by atoms with van der Waals surface area (Å²) in [5, 5.41) is 11.5. The summed E-state index contributed by atoms with van der Waals surface area (Å²) in [6.45, 7) is 7.51. The van der Waals surface area contributed by atoms with E-state index in [0.29, 0.717) is 0 Å². The van der Waals surface area contributed by atoms with Crippen molar-refractivity contribution < 1.29 is 0 Å². The average Bonchev–Trinajstić information content (AvgIpc) is 3.40. The second-order valence-electron chi connectivity index (χ2n) is 16.6. The lowest BCUT2D eigenvalue weighted by atomic mass is 10.3. The van der Waals surface area contributed by atoms with Gasteiger partial charge in [0.2, 0.25) is 0 Å². The first-order valence-electron chi connectivity index (χ1n) is 23.4. The Bertz CT molecular complexity index is 2020. The van der Waals surface area contributed by atoms with Gasteiger partial charge in [0, 0.05) is 51.3 Å². The summed E-state index contributed by atoms with van der Waals surface area (Å²) in [5.41, 5.74) is 0. The molecular weight excluding hydrogens is 875 g/mol. The van der Waals surface area contributed by atoms with Crippen molar-refractivity contribution >= 4 is 74.1 Å². The Kier molecular flexibility index (Phi) is 18.9. The normalized spacial score (nSPS) is 11.8. The molecule has 0 bridgehead atoms. The van der Waals surface area contributed by atoms with E-state index < -0.39 is 31.7 Å². The summed E-state index contributed by atoms with van der Waals surface area (Å²) in [6.07, 6.45) is 5.20. The molecule has 8 rings (SSSR count). The lowest BCUT2D eigenvalue weighted by Gasteiger charge is -2.35. The van der Waals surface area contributed by atoms with E-state index in [1.165, 1.54) is 42.4 Å². The Morgan fingerprint density at radius 3 is 0.561 bits per heavy atom. The predicted octanol–water partition coefficient (Wildman–Crippen LogP) is 10.7. The van der Waals surface area contributed by atoms with Gasteiger partial charge in [-0.25, -0.2) is 0 Å². The summed E-state index contributed by atoms with van der Waals surface area (Å²) in [7, 11) is -2.44. The van der Waals surface area contributed by atoms with Crippen LogP contribution in [0.5, 0.6) is 0 Å². The van der Waals surface area contributed by atoms with Crippen LogP contribution >= 0.6 is 31.7 Å². The van der Waals surface area contributed by atoms with Gasteiger partial charge >= 0.3 is 0 Å². The lowest BCUT2D eigenvalue weighted by Crippen LogP contribution is -2.42. The molecule has 7 heteroatoms. The fourth-order valence-electron chi connectivity index (χ4n) is 8.50. The molecule has 0 N–H and O–H groups in total. The molecule has 0 amide bonds. The molecule has 0 radical (unpaired) electrons. The topological polar surface area (TPSA) is 9.72 Å². The molecule has 0 aliphatic carbocycles. The molecule has 3 nitrogen and oxygen atoms in total. The van der Waals surface area contributed by atoms with Crippen molar-refractivity contribution in [3.63, 3.8) is 0 Å². The summed E-state index contributed by atoms with van der Waals surface area (Å²) in [6, 6.07) is 90.4. The molecule has 0 saturated carbocycles. The largest absolute Gasteiger partial charge is 0.301 e. The van der Waals surface area contributed by atoms with Gasteiger partial charge < -0.3 is 4.90 Å². The Hall–Kier alpha value is -4.64. The van der Waals surface area contributed by atoms with Gasteiger partial charge in [0.15, 0.2) is 0 Å². The molecule has 0 heterocycles. The van der Waals surface area contributed by atoms with E-state index in [1.54, 1.807) is 0 Å². The second-order valence-corrected chi connectivity index (χ2v) is 25.3. The van der Waals surface area contributed by atoms with Crippen molar-refractivity contribution in [1.29, 1.82) is 0 Å². The van der Waals surface area contributed by atoms with E-state index in [4.69, 9.17) is 0 Å². The number of benzene rings is 8. The second kappa shape index (κ2) is 26.0. The maximum atomic E-state index is 2.84. The summed E-state index contributed by atoms with van der Waals surface area (Å²) >= 11 is 0. The minimum atomic E-state index is -0.611. The standard InChI is InChI=1S/C59H63N3P4/c1-2-43-60(44-46-61(48-63(52-27-11-3-12-28-52)53-29-13-4-14-30-53)49-64(54-31-15-5-16-32-54)55-33-17-6-18-34-55)45-47-62(50-65(56-35-19-7-20-36-56)57-37-21-8-22-38-57)51-66(58-39-23-9-24-40-58)59-41-25-10-26-42-59/h3-42H,2,43-51H2,1H3. The third-order valence-corrected chi connectivity index (χ3v) is 22.0. The summed E-state index contributed by atoms with van der Waals surface area (Å²) in [5.74, 6) is 0. The Balaban J connectivity index is 1.10. The van der Waals surface area contributed by atoms with Gasteiger partial charge in [-0.2, -0.15) is 0 Å². The van der Waals surface area contributed by atoms with Crippen LogP contribution in [0.3, 0.4) is 0 Å². The van der Waals surface area contributed by atoms with Crippen molar-refractivity contribution in [3.8, 4) is 0 Å². The molecular formula is C59H63N3P4. The molecule has 66 heavy (non-hydrogen) atoms. The van der Waals surface area contributed by atoms with Gasteiger partial charge in [-0.15, -0.1) is 0 Å². The van der Waals surface area contributed by atoms with Crippen LogP contribution in [-0.4, -0.2) is 72.6 Å². The predicted molar refractivity (Wildman–Crippen MR) is 296 cm³/mol. The molecule has 0 aliphatic rings. The molecule has 0 aliphatic heterocycles. The molecule has 0 atom stereocenters. The average molecular weight is 938 g/mol. The van der Waals surface area contributed by atoms with E-state index in [0.717, 1.165) is 64.3 Å². The van der Waals surface area contributed by atoms with Crippen LogP contribution in [-0.2, 0) is 0 Å². The van der Waals surface area contributed by atoms with Crippen LogP contribution in [0.4, 0.5) is 0 Å². The smallest absolute Gasteiger partial charge is 0.0270 e. The molecule has 0 spiro atoms. The molecule has 0 saturated heterocycles. The SMILES string of the molecule is CCCN(CCN(CP(c1ccccc1)c1ccccc1)CP(c1ccccc1)c1ccccc1)CCN(CP(c1ccccc1)c1ccccc1)CP(c1ccccc1)c1ccccc1. The highest BCUT2D eigenvalue weighted by Crippen LogP contribution is 2.41. The molecule has 8 aromatic carbocycles. The van der Waals surface area contributed by atoms with Crippen molar-refractivity contribution in [2.45, 2.75) is 13.3 Å². The highest BCUT2D eigenvalue weighted by molar-refractivity contribution is 7.74. The van der Waals surface area contributed by atoms with Crippen molar-refractivity contribution in [3.05, 3.63) is 243 Å². The van der Waals surface area contributed by atoms with Crippen LogP contribution in [0.1, 0.15) is 13.3 Å². The van der Waals surface area contributed by atoms with Gasteiger partial charge in [-0.05, 0) is 87.1 Å². The van der Waals surface area contributed by atoms with E-state index in [9.17, 15) is 0 Å². The van der Waals surface area contributed by atoms with Gasteiger partial charge in [0.1, 0.15) is 0 Å². The monoisotopic (exact) mass is 937 g/mol. The number of hydrogen-bond acceptors (Lipinski definition) is 3. The fourth-order valence-corrected chi connectivity index (χ4v) is 18.1. The maximum absolute atomic E-state index is 2.84. The minimum Gasteiger partial charge on any atom is -0.301 e. The van der Waals surface area contributed by atoms with Gasteiger partial charge in [-0.1, -0.05) is 250 Å². The highest BCUT2D eigenvalue weighted by atomic mass is 31.1. The van der Waals surface area contributed by atoms with Crippen molar-refractivity contribution in [2.75, 3.05) is 57.9 Å². The number of nitrogens with zero attached hydrogens (tertiary/aromatic N) is 3. The van der Waals surface area contributed by atoms with Crippen LogP contribution in [0.15, 0.2) is 243 Å². The summed E-state index contributed by atoms with van der Waals surface area (Å²) in [4.78, 5) is 8.46. The zero-order valence-electron chi connectivity index (χ0n) is 38.3. The zero-order chi connectivity index (χ0) is 45.0. The highest BCUT2D eigenvalue weighted by Gasteiger charge is 2.26. The first kappa shape index (κ1) is 47.8. The Morgan fingerprint density at radius 1 is 0.227 bits per heavy atom. The van der Waals surface area contributed by atoms with Crippen LogP contribution < -0.4 is 42.4 Å². The first-order chi connectivity index (χ1) is 32.7. The van der Waals surface area contributed by atoms with Gasteiger partial charge in [0.05, 0.1) is 0 Å². The fraction of sp³-hybridized carbons (Fsp3) is 0.186. The van der Waals surface area contributed by atoms with E-state index in [1.807, 2.05) is 0 Å². The summed E-state index contributed by atoms with van der Waals surface area (Å²) < 4.78 is 0. The van der Waals surface area contributed by atoms with E-state index >= 15 is 0 Å². The molecule has 0 aromatic heterocycles. The van der Waals surface area contributed by atoms with E-state index in [-0.39, 0.29) is 0 Å². The molecule has 0 unspecified atom stereocenters. The molecule has 334 valence electrons. The lowest BCUT2D eigenvalue weighted by molar-refractivity contribution is 0.209. The Morgan fingerprint density at radius 2 is 0.394 bits per heavy atom. The van der Waals surface area contributed by atoms with Crippen molar-refractivity contribution in [1.82, 2.24) is 14.7 Å². The van der Waals surface area contributed by atoms with Crippen LogP contribution in [0, 0.1) is 0 Å². The quantitative estimate of drug-likeness (QED) is 0.0559. The molecule has 8 aromatic rings. The van der Waals surface area contributed by atoms with E-state index in [2.05, 4.69) is 264 Å². The zero-order valence-corrected chi connectivity index (χ0v) is 41.9. The number of hydrogen-bond donors (Lipinski definition) is 0. The molecule has 0 fully saturated rings. The van der Waals surface area contributed by atoms with Crippen LogP contribution in [0.25, 0.3) is 0 Å². The van der Waals surface area contributed by atoms with Crippen LogP contribution in [0.2, 0.25) is 0 Å². The van der Waals surface area contributed by atoms with Crippen molar-refractivity contribution in [2.24, 2.45) is 0 Å². The third-order valence-electron chi connectivity index (χ3n) is 11.9. The number of rotatable bonds is 24. The minimum absolute atomic E-state index is 0.611. The third kappa shape index (κ3) is 14.0. The van der Waals surface area contributed by atoms with Gasteiger partial charge in [-0.3, -0.25) is 9.80 Å². The maximum Gasteiger partial charge on any atom is 0.0270 e. The first-order valence-corrected chi connectivity index (χ1v) is 29.5.